The van der Waals surface area contributed by atoms with Gasteiger partial charge in [-0.2, -0.15) is 5.26 Å². The second kappa shape index (κ2) is 5.77. The number of hydrogen-bond donors (Lipinski definition) is 1. The Bertz CT molecular complexity index is 552. The Morgan fingerprint density at radius 1 is 1.74 bits per heavy atom. The van der Waals surface area contributed by atoms with Crippen LogP contribution < -0.4 is 5.73 Å². The lowest BCUT2D eigenvalue weighted by Gasteiger charge is -2.18. The van der Waals surface area contributed by atoms with Gasteiger partial charge in [-0.3, -0.25) is 14.9 Å². The molecule has 0 aliphatic heterocycles. The van der Waals surface area contributed by atoms with E-state index in [9.17, 15) is 14.9 Å². The summed E-state index contributed by atoms with van der Waals surface area (Å²) < 4.78 is 0. The molecule has 0 bridgehead atoms. The monoisotopic (exact) mass is 263 g/mol. The zero-order chi connectivity index (χ0) is 14.6. The summed E-state index contributed by atoms with van der Waals surface area (Å²) >= 11 is 0. The molecule has 8 heteroatoms. The fourth-order valence-corrected chi connectivity index (χ4v) is 1.52. The maximum Gasteiger partial charge on any atom is 0.300 e. The van der Waals surface area contributed by atoms with Crippen molar-refractivity contribution in [1.82, 2.24) is 9.88 Å². The molecule has 1 rings (SSSR count). The van der Waals surface area contributed by atoms with Crippen molar-refractivity contribution in [1.29, 1.82) is 5.26 Å². The van der Waals surface area contributed by atoms with Crippen LogP contribution >= 0.6 is 0 Å². The molecular weight excluding hydrogens is 250 g/mol. The number of nitro groups is 1. The quantitative estimate of drug-likeness (QED) is 0.632. The molecule has 0 saturated carbocycles. The van der Waals surface area contributed by atoms with E-state index in [4.69, 9.17) is 11.0 Å². The van der Waals surface area contributed by atoms with Gasteiger partial charge in [-0.15, -0.1) is 0 Å². The van der Waals surface area contributed by atoms with Gasteiger partial charge in [0.15, 0.2) is 0 Å². The summed E-state index contributed by atoms with van der Waals surface area (Å²) in [4.78, 5) is 27.1. The maximum absolute atomic E-state index is 12.1. The predicted octanol–water partition coefficient (Wildman–Crippen LogP) is 0.804. The topological polar surface area (TPSA) is 126 Å². The van der Waals surface area contributed by atoms with Gasteiger partial charge in [0.25, 0.3) is 11.6 Å². The van der Waals surface area contributed by atoms with E-state index in [1.54, 1.807) is 6.92 Å². The van der Waals surface area contributed by atoms with Crippen LogP contribution in [0.15, 0.2) is 12.3 Å². The van der Waals surface area contributed by atoms with Gasteiger partial charge in [0.05, 0.1) is 16.9 Å². The highest BCUT2D eigenvalue weighted by molar-refractivity contribution is 5.98. The molecule has 1 heterocycles. The third-order valence-corrected chi connectivity index (χ3v) is 2.45. The number of nitrogens with two attached hydrogens (primary N) is 1. The van der Waals surface area contributed by atoms with E-state index in [2.05, 4.69) is 4.98 Å². The average Bonchev–Trinajstić information content (AvgIpc) is 2.36. The molecule has 0 fully saturated rings. The summed E-state index contributed by atoms with van der Waals surface area (Å²) in [6.07, 6.45) is 0.949. The molecular formula is C11H13N5O3. The van der Waals surface area contributed by atoms with Crippen LogP contribution in [-0.4, -0.2) is 34.3 Å². The summed E-state index contributed by atoms with van der Waals surface area (Å²) in [6, 6.07) is 3.15. The highest BCUT2D eigenvalue weighted by Gasteiger charge is 2.24. The van der Waals surface area contributed by atoms with Crippen molar-refractivity contribution in [3.05, 3.63) is 27.9 Å². The molecule has 1 aromatic rings. The van der Waals surface area contributed by atoms with Crippen LogP contribution in [0.1, 0.15) is 17.3 Å². The Morgan fingerprint density at radius 2 is 2.37 bits per heavy atom. The third-order valence-electron chi connectivity index (χ3n) is 2.45. The van der Waals surface area contributed by atoms with Crippen molar-refractivity contribution in [2.45, 2.75) is 6.92 Å². The maximum atomic E-state index is 12.1. The number of nitrogens with zero attached hydrogens (tertiary/aromatic N) is 4. The smallest absolute Gasteiger partial charge is 0.300 e. The minimum atomic E-state index is -0.693. The van der Waals surface area contributed by atoms with Crippen molar-refractivity contribution >= 4 is 17.4 Å². The van der Waals surface area contributed by atoms with Crippen molar-refractivity contribution in [2.24, 2.45) is 5.92 Å². The lowest BCUT2D eigenvalue weighted by Crippen LogP contribution is -2.31. The van der Waals surface area contributed by atoms with Gasteiger partial charge in [-0.25, -0.2) is 4.98 Å². The fraction of sp³-hybridized carbons (Fsp3) is 0.364. The van der Waals surface area contributed by atoms with Crippen LogP contribution in [0.4, 0.5) is 11.5 Å². The number of rotatable bonds is 4. The molecule has 100 valence electrons. The lowest BCUT2D eigenvalue weighted by atomic mass is 10.1. The minimum Gasteiger partial charge on any atom is -0.384 e. The van der Waals surface area contributed by atoms with Gasteiger partial charge in [0.2, 0.25) is 0 Å². The number of nitriles is 1. The molecule has 1 aromatic heterocycles. The summed E-state index contributed by atoms with van der Waals surface area (Å²) in [6.45, 7) is 1.83. The van der Waals surface area contributed by atoms with E-state index in [1.165, 1.54) is 11.9 Å². The zero-order valence-corrected chi connectivity index (χ0v) is 10.5. The van der Waals surface area contributed by atoms with Gasteiger partial charge < -0.3 is 10.6 Å². The minimum absolute atomic E-state index is 0.0238. The molecule has 8 nitrogen and oxygen atoms in total. The molecule has 1 unspecified atom stereocenters. The summed E-state index contributed by atoms with van der Waals surface area (Å²) in [7, 11) is 1.47. The first-order chi connectivity index (χ1) is 8.86. The molecule has 0 aliphatic rings. The summed E-state index contributed by atoms with van der Waals surface area (Å²) in [5, 5.41) is 19.5. The van der Waals surface area contributed by atoms with Crippen molar-refractivity contribution in [3.8, 4) is 6.07 Å². The van der Waals surface area contributed by atoms with Crippen LogP contribution in [0, 0.1) is 27.4 Å². The molecule has 1 amide bonds. The molecule has 19 heavy (non-hydrogen) atoms. The first kappa shape index (κ1) is 14.4. The fourth-order valence-electron chi connectivity index (χ4n) is 1.52. The molecule has 1 atom stereocenters. The van der Waals surface area contributed by atoms with Gasteiger partial charge in [0.1, 0.15) is 17.6 Å². The first-order valence-corrected chi connectivity index (χ1v) is 5.41. The Balaban J connectivity index is 3.08. The second-order valence-electron chi connectivity index (χ2n) is 4.10. The third kappa shape index (κ3) is 3.38. The van der Waals surface area contributed by atoms with E-state index < -0.39 is 16.5 Å². The van der Waals surface area contributed by atoms with E-state index in [1.807, 2.05) is 6.07 Å². The number of amides is 1. The predicted molar refractivity (Wildman–Crippen MR) is 67.0 cm³/mol. The van der Waals surface area contributed by atoms with Crippen LogP contribution in [0.5, 0.6) is 0 Å². The highest BCUT2D eigenvalue weighted by atomic mass is 16.6. The Morgan fingerprint density at radius 3 is 2.89 bits per heavy atom. The first-order valence-electron chi connectivity index (χ1n) is 5.41. The van der Waals surface area contributed by atoms with Crippen molar-refractivity contribution in [2.75, 3.05) is 19.3 Å². The SMILES string of the molecule is CC(C#N)CN(C)C(=O)c1cc(N)ncc1[N+](=O)[O-]. The Kier molecular flexibility index (Phi) is 4.36. The Labute approximate surface area is 109 Å². The zero-order valence-electron chi connectivity index (χ0n) is 10.5. The van der Waals surface area contributed by atoms with E-state index in [0.717, 1.165) is 12.3 Å². The van der Waals surface area contributed by atoms with E-state index in [-0.39, 0.29) is 23.8 Å². The van der Waals surface area contributed by atoms with Crippen molar-refractivity contribution in [3.63, 3.8) is 0 Å². The number of aromatic nitrogens is 1. The van der Waals surface area contributed by atoms with Crippen LogP contribution in [0.2, 0.25) is 0 Å². The van der Waals surface area contributed by atoms with Gasteiger partial charge >= 0.3 is 0 Å². The number of anilines is 1. The average molecular weight is 263 g/mol. The summed E-state index contributed by atoms with van der Waals surface area (Å²) in [5.41, 5.74) is 4.90. The number of pyridine rings is 1. The van der Waals surface area contributed by atoms with Crippen LogP contribution in [0.25, 0.3) is 0 Å². The number of carbonyl (C=O) groups is 1. The van der Waals surface area contributed by atoms with Gasteiger partial charge in [-0.1, -0.05) is 0 Å². The molecule has 0 radical (unpaired) electrons. The second-order valence-corrected chi connectivity index (χ2v) is 4.10. The molecule has 0 aromatic carbocycles. The summed E-state index contributed by atoms with van der Waals surface area (Å²) in [5.74, 6) is -0.911. The standard InChI is InChI=1S/C11H13N5O3/c1-7(4-12)6-15(2)11(17)8-3-10(13)14-5-9(8)16(18)19/h3,5,7H,6H2,1-2H3,(H2,13,14). The lowest BCUT2D eigenvalue weighted by molar-refractivity contribution is -0.385. The molecule has 0 saturated heterocycles. The van der Waals surface area contributed by atoms with E-state index in [0.29, 0.717) is 0 Å². The van der Waals surface area contributed by atoms with Crippen molar-refractivity contribution < 1.29 is 9.72 Å². The highest BCUT2D eigenvalue weighted by Crippen LogP contribution is 2.20. The molecule has 0 spiro atoms. The Hall–Kier alpha value is -2.69. The number of carbonyl (C=O) groups excluding carboxylic acids is 1. The van der Waals surface area contributed by atoms with Gasteiger partial charge in [-0.05, 0) is 13.0 Å². The number of nitrogen functional groups attached to an aromatic ring is 1. The van der Waals surface area contributed by atoms with Gasteiger partial charge in [0, 0.05) is 13.6 Å². The van der Waals surface area contributed by atoms with E-state index >= 15 is 0 Å². The largest absolute Gasteiger partial charge is 0.384 e. The normalized spacial score (nSPS) is 11.4. The number of hydrogen-bond acceptors (Lipinski definition) is 6. The molecule has 2 N–H and O–H groups in total. The van der Waals surface area contributed by atoms with Crippen LogP contribution in [-0.2, 0) is 0 Å². The molecule has 0 aliphatic carbocycles. The van der Waals surface area contributed by atoms with Crippen LogP contribution in [0.3, 0.4) is 0 Å².